The van der Waals surface area contributed by atoms with Crippen molar-refractivity contribution in [1.29, 1.82) is 0 Å². The number of hydrogen-bond acceptors (Lipinski definition) is 6. The molecule has 6 nitrogen and oxygen atoms in total. The zero-order valence-corrected chi connectivity index (χ0v) is 12.8. The van der Waals surface area contributed by atoms with Crippen LogP contribution in [0.2, 0.25) is 0 Å². The Hall–Kier alpha value is -2.61. The third-order valence-corrected chi connectivity index (χ3v) is 3.79. The molecular weight excluding hydrogens is 325 g/mol. The van der Waals surface area contributed by atoms with Gasteiger partial charge in [0.25, 0.3) is 5.69 Å². The summed E-state index contributed by atoms with van der Waals surface area (Å²) < 4.78 is 23.5. The quantitative estimate of drug-likeness (QED) is 0.264. The number of non-ortho nitro benzene ring substituents is 1. The van der Waals surface area contributed by atoms with Gasteiger partial charge in [-0.2, -0.15) is 0 Å². The van der Waals surface area contributed by atoms with E-state index < -0.39 is 16.7 Å². The van der Waals surface area contributed by atoms with E-state index >= 15 is 0 Å². The predicted octanol–water partition coefficient (Wildman–Crippen LogP) is 3.44. The number of methoxy groups -OCH3 is 1. The van der Waals surface area contributed by atoms with Crippen molar-refractivity contribution in [1.82, 2.24) is 0 Å². The summed E-state index contributed by atoms with van der Waals surface area (Å²) in [4.78, 5) is 22.3. The lowest BCUT2D eigenvalue weighted by Crippen LogP contribution is -2.11. The third kappa shape index (κ3) is 4.43. The van der Waals surface area contributed by atoms with Crippen molar-refractivity contribution in [3.8, 4) is 11.5 Å². The Morgan fingerprint density at radius 3 is 2.65 bits per heavy atom. The molecule has 0 aromatic heterocycles. The molecule has 0 fully saturated rings. The first kappa shape index (κ1) is 16.8. The first-order valence-electron chi connectivity index (χ1n) is 6.41. The minimum atomic E-state index is -0.669. The highest BCUT2D eigenvalue weighted by Gasteiger charge is 2.16. The van der Waals surface area contributed by atoms with Crippen molar-refractivity contribution in [2.45, 2.75) is 4.90 Å². The first-order valence-corrected chi connectivity index (χ1v) is 7.40. The Labute approximate surface area is 135 Å². The van der Waals surface area contributed by atoms with Crippen LogP contribution in [0, 0.1) is 15.9 Å². The molecule has 0 heterocycles. The van der Waals surface area contributed by atoms with Crippen LogP contribution in [0.4, 0.5) is 10.1 Å². The summed E-state index contributed by atoms with van der Waals surface area (Å²) in [5.74, 6) is -1.11. The summed E-state index contributed by atoms with van der Waals surface area (Å²) in [6, 6.07) is 9.71. The minimum Gasteiger partial charge on any atom is -0.493 e. The molecule has 0 spiro atoms. The zero-order chi connectivity index (χ0) is 16.8. The normalized spacial score (nSPS) is 10.2. The molecule has 0 atom stereocenters. The summed E-state index contributed by atoms with van der Waals surface area (Å²) in [5, 5.41) is 10.8. The Balaban J connectivity index is 2.06. The van der Waals surface area contributed by atoms with Crippen molar-refractivity contribution >= 4 is 23.4 Å². The van der Waals surface area contributed by atoms with Crippen molar-refractivity contribution in [3.05, 3.63) is 58.4 Å². The van der Waals surface area contributed by atoms with Gasteiger partial charge in [0.1, 0.15) is 5.82 Å². The van der Waals surface area contributed by atoms with E-state index in [9.17, 15) is 19.3 Å². The van der Waals surface area contributed by atoms with Gasteiger partial charge >= 0.3 is 5.97 Å². The van der Waals surface area contributed by atoms with E-state index in [4.69, 9.17) is 9.47 Å². The van der Waals surface area contributed by atoms with Crippen LogP contribution in [0.1, 0.15) is 0 Å². The fraction of sp³-hybridized carbons (Fsp3) is 0.133. The molecule has 23 heavy (non-hydrogen) atoms. The molecule has 0 radical (unpaired) electrons. The van der Waals surface area contributed by atoms with E-state index in [-0.39, 0.29) is 22.9 Å². The molecule has 0 saturated heterocycles. The Bertz CT molecular complexity index is 738. The largest absolute Gasteiger partial charge is 0.493 e. The number of nitro benzene ring substituents is 1. The molecule has 0 aliphatic carbocycles. The fourth-order valence-electron chi connectivity index (χ4n) is 1.71. The van der Waals surface area contributed by atoms with Gasteiger partial charge in [0.05, 0.1) is 23.9 Å². The van der Waals surface area contributed by atoms with E-state index in [0.717, 1.165) is 17.8 Å². The molecule has 0 aliphatic heterocycles. The van der Waals surface area contributed by atoms with E-state index in [0.29, 0.717) is 4.90 Å². The summed E-state index contributed by atoms with van der Waals surface area (Å²) in [7, 11) is 1.35. The Kier molecular flexibility index (Phi) is 5.53. The van der Waals surface area contributed by atoms with Gasteiger partial charge < -0.3 is 9.47 Å². The van der Waals surface area contributed by atoms with Crippen LogP contribution in [0.25, 0.3) is 0 Å². The SMILES string of the molecule is COc1ccc([N+](=O)[O-])cc1OC(=O)CSc1ccccc1F. The number of benzene rings is 2. The van der Waals surface area contributed by atoms with Crippen LogP contribution < -0.4 is 9.47 Å². The topological polar surface area (TPSA) is 78.7 Å². The molecular formula is C15H12FNO5S. The molecule has 0 aliphatic rings. The number of nitrogens with zero attached hydrogens (tertiary/aromatic N) is 1. The highest BCUT2D eigenvalue weighted by Crippen LogP contribution is 2.31. The third-order valence-electron chi connectivity index (χ3n) is 2.76. The zero-order valence-electron chi connectivity index (χ0n) is 12.0. The molecule has 8 heteroatoms. The molecule has 2 aromatic carbocycles. The lowest BCUT2D eigenvalue weighted by atomic mass is 10.3. The number of carbonyl (C=O) groups excluding carboxylic acids is 1. The predicted molar refractivity (Wildman–Crippen MR) is 82.4 cm³/mol. The average molecular weight is 337 g/mol. The summed E-state index contributed by atoms with van der Waals surface area (Å²) in [6.45, 7) is 0. The summed E-state index contributed by atoms with van der Waals surface area (Å²) >= 11 is 0.974. The van der Waals surface area contributed by atoms with Gasteiger partial charge in [0, 0.05) is 11.0 Å². The molecule has 2 rings (SSSR count). The lowest BCUT2D eigenvalue weighted by molar-refractivity contribution is -0.384. The second-order valence-electron chi connectivity index (χ2n) is 4.29. The molecule has 0 bridgehead atoms. The van der Waals surface area contributed by atoms with Crippen LogP contribution in [0.5, 0.6) is 11.5 Å². The number of rotatable bonds is 6. The molecule has 120 valence electrons. The molecule has 0 saturated carbocycles. The highest BCUT2D eigenvalue weighted by molar-refractivity contribution is 8.00. The highest BCUT2D eigenvalue weighted by atomic mass is 32.2. The summed E-state index contributed by atoms with van der Waals surface area (Å²) in [5.41, 5.74) is -0.227. The smallest absolute Gasteiger partial charge is 0.321 e. The Morgan fingerprint density at radius 1 is 1.26 bits per heavy atom. The fourth-order valence-corrected chi connectivity index (χ4v) is 2.42. The number of thioether (sulfide) groups is 1. The molecule has 0 amide bonds. The lowest BCUT2D eigenvalue weighted by Gasteiger charge is -2.09. The maximum absolute atomic E-state index is 13.5. The van der Waals surface area contributed by atoms with Crippen molar-refractivity contribution in [2.24, 2.45) is 0 Å². The van der Waals surface area contributed by atoms with Gasteiger partial charge in [-0.15, -0.1) is 11.8 Å². The number of nitro groups is 1. The van der Waals surface area contributed by atoms with Gasteiger partial charge in [0.2, 0.25) is 0 Å². The second-order valence-corrected chi connectivity index (χ2v) is 5.30. The van der Waals surface area contributed by atoms with Gasteiger partial charge in [-0.25, -0.2) is 4.39 Å². The number of halogens is 1. The van der Waals surface area contributed by atoms with Crippen LogP contribution in [0.3, 0.4) is 0 Å². The van der Waals surface area contributed by atoms with Crippen LogP contribution >= 0.6 is 11.8 Å². The van der Waals surface area contributed by atoms with E-state index in [1.807, 2.05) is 0 Å². The standard InChI is InChI=1S/C15H12FNO5S/c1-21-12-7-6-10(17(19)20)8-13(12)22-15(18)9-23-14-5-3-2-4-11(14)16/h2-8H,9H2,1H3. The number of carbonyl (C=O) groups is 1. The van der Waals surface area contributed by atoms with E-state index in [2.05, 4.69) is 0 Å². The van der Waals surface area contributed by atoms with Crippen LogP contribution in [-0.2, 0) is 4.79 Å². The number of hydrogen-bond donors (Lipinski definition) is 0. The minimum absolute atomic E-state index is 0.0548. The van der Waals surface area contributed by atoms with E-state index in [1.165, 1.54) is 25.3 Å². The van der Waals surface area contributed by atoms with Gasteiger partial charge in [0.15, 0.2) is 11.5 Å². The molecule has 0 unspecified atom stereocenters. The number of ether oxygens (including phenoxy) is 2. The molecule has 2 aromatic rings. The maximum Gasteiger partial charge on any atom is 0.321 e. The average Bonchev–Trinajstić information content (AvgIpc) is 2.54. The molecule has 0 N–H and O–H groups in total. The van der Waals surface area contributed by atoms with Gasteiger partial charge in [-0.05, 0) is 18.2 Å². The van der Waals surface area contributed by atoms with E-state index in [1.54, 1.807) is 18.2 Å². The van der Waals surface area contributed by atoms with Crippen molar-refractivity contribution in [3.63, 3.8) is 0 Å². The summed E-state index contributed by atoms with van der Waals surface area (Å²) in [6.07, 6.45) is 0. The van der Waals surface area contributed by atoms with Gasteiger partial charge in [-0.1, -0.05) is 12.1 Å². The van der Waals surface area contributed by atoms with Gasteiger partial charge in [-0.3, -0.25) is 14.9 Å². The van der Waals surface area contributed by atoms with Crippen LogP contribution in [-0.4, -0.2) is 23.8 Å². The first-order chi connectivity index (χ1) is 11.0. The van der Waals surface area contributed by atoms with Crippen LogP contribution in [0.15, 0.2) is 47.4 Å². The maximum atomic E-state index is 13.5. The van der Waals surface area contributed by atoms with Crippen molar-refractivity contribution in [2.75, 3.05) is 12.9 Å². The monoisotopic (exact) mass is 337 g/mol. The second kappa shape index (κ2) is 7.59. The Morgan fingerprint density at radius 2 is 2.00 bits per heavy atom. The van der Waals surface area contributed by atoms with Crippen molar-refractivity contribution < 1.29 is 23.6 Å². The number of esters is 1.